The molecule has 2 N–H and O–H groups in total. The van der Waals surface area contributed by atoms with Crippen LogP contribution < -0.4 is 0 Å². The standard InChI is InChI=1S/C28H37F2NO4/c1-19-12-13-21(16-27(19)30)15-22-7-6-14-31(22)17-23(32)18-35-20(2)24-9-5-10-26(29)25(24)8-3-4-11-28(33)34/h5,9-10,12-13,16,20,22-23,32H,3-4,6-8,11,14-15,17-18H2,1-2H3,(H,33,34)/t20-,22+,23-/m1/s1. The van der Waals surface area contributed by atoms with Crippen molar-refractivity contribution in [3.63, 3.8) is 0 Å². The Morgan fingerprint density at radius 1 is 1.20 bits per heavy atom. The zero-order valence-corrected chi connectivity index (χ0v) is 20.7. The highest BCUT2D eigenvalue weighted by Crippen LogP contribution is 2.26. The van der Waals surface area contributed by atoms with Crippen LogP contribution in [0.1, 0.15) is 67.4 Å². The molecule has 2 aromatic rings. The van der Waals surface area contributed by atoms with Crippen LogP contribution in [-0.4, -0.2) is 52.9 Å². The summed E-state index contributed by atoms with van der Waals surface area (Å²) in [6.07, 6.45) is 3.28. The Labute approximate surface area is 206 Å². The predicted octanol–water partition coefficient (Wildman–Crippen LogP) is 5.22. The third-order valence-electron chi connectivity index (χ3n) is 6.85. The molecule has 1 heterocycles. The molecule has 35 heavy (non-hydrogen) atoms. The number of hydrogen-bond acceptors (Lipinski definition) is 4. The maximum Gasteiger partial charge on any atom is 0.303 e. The zero-order chi connectivity index (χ0) is 25.4. The summed E-state index contributed by atoms with van der Waals surface area (Å²) < 4.78 is 34.4. The Morgan fingerprint density at radius 2 is 2.00 bits per heavy atom. The minimum absolute atomic E-state index is 0.0678. The number of carboxylic acid groups (broad SMARTS) is 1. The van der Waals surface area contributed by atoms with E-state index < -0.39 is 18.2 Å². The number of hydrogen-bond donors (Lipinski definition) is 2. The van der Waals surface area contributed by atoms with Crippen LogP contribution in [-0.2, 0) is 22.4 Å². The summed E-state index contributed by atoms with van der Waals surface area (Å²) in [6, 6.07) is 10.5. The first-order valence-electron chi connectivity index (χ1n) is 12.5. The van der Waals surface area contributed by atoms with Gasteiger partial charge in [-0.2, -0.15) is 0 Å². The van der Waals surface area contributed by atoms with Crippen molar-refractivity contribution >= 4 is 5.97 Å². The molecule has 2 aromatic carbocycles. The second kappa shape index (κ2) is 13.1. The molecule has 1 aliphatic rings. The van der Waals surface area contributed by atoms with Gasteiger partial charge in [0.15, 0.2) is 0 Å². The summed E-state index contributed by atoms with van der Waals surface area (Å²) in [5.41, 5.74) is 2.88. The van der Waals surface area contributed by atoms with Crippen LogP contribution in [0.25, 0.3) is 0 Å². The maximum atomic E-state index is 14.5. The molecule has 0 radical (unpaired) electrons. The average Bonchev–Trinajstić information content (AvgIpc) is 3.24. The molecular weight excluding hydrogens is 452 g/mol. The topological polar surface area (TPSA) is 70.0 Å². The van der Waals surface area contributed by atoms with Gasteiger partial charge in [-0.25, -0.2) is 8.78 Å². The van der Waals surface area contributed by atoms with Crippen molar-refractivity contribution in [1.29, 1.82) is 0 Å². The fourth-order valence-electron chi connectivity index (χ4n) is 4.87. The van der Waals surface area contributed by atoms with Gasteiger partial charge in [-0.3, -0.25) is 9.69 Å². The summed E-state index contributed by atoms with van der Waals surface area (Å²) in [4.78, 5) is 13.0. The van der Waals surface area contributed by atoms with Crippen molar-refractivity contribution < 1.29 is 28.5 Å². The number of unbranched alkanes of at least 4 members (excludes halogenated alkanes) is 1. The molecule has 3 atom stereocenters. The number of carboxylic acids is 1. The van der Waals surface area contributed by atoms with E-state index in [2.05, 4.69) is 4.90 Å². The number of rotatable bonds is 13. The number of aliphatic hydroxyl groups is 1. The number of aryl methyl sites for hydroxylation is 1. The molecule has 5 nitrogen and oxygen atoms in total. The number of halogens is 2. The number of aliphatic carboxylic acids is 1. The molecule has 0 bridgehead atoms. The first-order valence-corrected chi connectivity index (χ1v) is 12.5. The number of likely N-dealkylation sites (tertiary alicyclic amines) is 1. The third-order valence-corrected chi connectivity index (χ3v) is 6.85. The highest BCUT2D eigenvalue weighted by Gasteiger charge is 2.27. The fourth-order valence-corrected chi connectivity index (χ4v) is 4.87. The third kappa shape index (κ3) is 8.09. The van der Waals surface area contributed by atoms with Gasteiger partial charge < -0.3 is 14.9 Å². The van der Waals surface area contributed by atoms with Gasteiger partial charge >= 0.3 is 5.97 Å². The van der Waals surface area contributed by atoms with Gasteiger partial charge in [-0.1, -0.05) is 24.3 Å². The molecule has 192 valence electrons. The van der Waals surface area contributed by atoms with Crippen molar-refractivity contribution in [2.45, 2.75) is 77.0 Å². The lowest BCUT2D eigenvalue weighted by Gasteiger charge is -2.28. The van der Waals surface area contributed by atoms with Crippen molar-refractivity contribution in [2.24, 2.45) is 0 Å². The molecule has 0 spiro atoms. The fraction of sp³-hybridized carbons (Fsp3) is 0.536. The number of nitrogens with zero attached hydrogens (tertiary/aromatic N) is 1. The highest BCUT2D eigenvalue weighted by atomic mass is 19.1. The Bertz CT molecular complexity index is 983. The second-order valence-electron chi connectivity index (χ2n) is 9.62. The van der Waals surface area contributed by atoms with Crippen LogP contribution >= 0.6 is 0 Å². The summed E-state index contributed by atoms with van der Waals surface area (Å²) in [5.74, 6) is -1.36. The van der Waals surface area contributed by atoms with Crippen molar-refractivity contribution in [2.75, 3.05) is 19.7 Å². The van der Waals surface area contributed by atoms with E-state index in [4.69, 9.17) is 9.84 Å². The Hall–Kier alpha value is -2.35. The normalized spacial score (nSPS) is 18.0. The number of benzene rings is 2. The molecule has 3 rings (SSSR count). The van der Waals surface area contributed by atoms with E-state index in [0.29, 0.717) is 36.9 Å². The van der Waals surface area contributed by atoms with Crippen LogP contribution in [0.15, 0.2) is 36.4 Å². The van der Waals surface area contributed by atoms with Gasteiger partial charge in [0.25, 0.3) is 0 Å². The number of β-amino-alcohol motifs (C(OH)–C–C–N with tert-alkyl or cyclic N) is 1. The van der Waals surface area contributed by atoms with E-state index in [-0.39, 0.29) is 30.7 Å². The van der Waals surface area contributed by atoms with E-state index in [1.165, 1.54) is 6.07 Å². The first kappa shape index (κ1) is 27.2. The Balaban J connectivity index is 1.51. The number of aliphatic hydroxyl groups excluding tert-OH is 1. The van der Waals surface area contributed by atoms with Crippen molar-refractivity contribution in [3.8, 4) is 0 Å². The molecule has 1 aliphatic heterocycles. The second-order valence-corrected chi connectivity index (χ2v) is 9.62. The highest BCUT2D eigenvalue weighted by molar-refractivity contribution is 5.66. The minimum atomic E-state index is -0.851. The summed E-state index contributed by atoms with van der Waals surface area (Å²) in [5, 5.41) is 19.5. The van der Waals surface area contributed by atoms with Gasteiger partial charge in [0, 0.05) is 19.0 Å². The SMILES string of the molecule is Cc1ccc(C[C@@H]2CCCN2C[C@@H](O)CO[C@H](C)c2cccc(F)c2CCCCC(=O)O)cc1F. The molecule has 0 saturated carbocycles. The molecule has 7 heteroatoms. The van der Waals surface area contributed by atoms with Crippen molar-refractivity contribution in [3.05, 3.63) is 70.3 Å². The number of carbonyl (C=O) groups is 1. The molecule has 1 fully saturated rings. The summed E-state index contributed by atoms with van der Waals surface area (Å²) >= 11 is 0. The van der Waals surface area contributed by atoms with Crippen LogP contribution in [0.2, 0.25) is 0 Å². The molecular formula is C28H37F2NO4. The van der Waals surface area contributed by atoms with Crippen molar-refractivity contribution in [1.82, 2.24) is 4.90 Å². The Morgan fingerprint density at radius 3 is 2.74 bits per heavy atom. The van der Waals surface area contributed by atoms with Crippen LogP contribution in [0.4, 0.5) is 8.78 Å². The maximum absolute atomic E-state index is 14.5. The average molecular weight is 490 g/mol. The van der Waals surface area contributed by atoms with E-state index >= 15 is 0 Å². The van der Waals surface area contributed by atoms with E-state index in [1.54, 1.807) is 25.1 Å². The van der Waals surface area contributed by atoms with E-state index in [0.717, 1.165) is 36.9 Å². The molecule has 0 aliphatic carbocycles. The lowest BCUT2D eigenvalue weighted by atomic mass is 9.97. The molecule has 0 aromatic heterocycles. The van der Waals surface area contributed by atoms with Gasteiger partial charge in [0.2, 0.25) is 0 Å². The lowest BCUT2D eigenvalue weighted by Crippen LogP contribution is -2.39. The van der Waals surface area contributed by atoms with Crippen LogP contribution in [0.3, 0.4) is 0 Å². The summed E-state index contributed by atoms with van der Waals surface area (Å²) in [7, 11) is 0. The van der Waals surface area contributed by atoms with Crippen LogP contribution in [0, 0.1) is 18.6 Å². The van der Waals surface area contributed by atoms with Crippen LogP contribution in [0.5, 0.6) is 0 Å². The van der Waals surface area contributed by atoms with Gasteiger partial charge in [0.05, 0.1) is 18.8 Å². The minimum Gasteiger partial charge on any atom is -0.481 e. The quantitative estimate of drug-likeness (QED) is 0.378. The molecule has 0 unspecified atom stereocenters. The van der Waals surface area contributed by atoms with Gasteiger partial charge in [-0.15, -0.1) is 0 Å². The number of ether oxygens (including phenoxy) is 1. The monoisotopic (exact) mass is 489 g/mol. The van der Waals surface area contributed by atoms with Gasteiger partial charge in [-0.05, 0) is 93.3 Å². The van der Waals surface area contributed by atoms with E-state index in [1.807, 2.05) is 19.1 Å². The summed E-state index contributed by atoms with van der Waals surface area (Å²) in [6.45, 7) is 5.07. The lowest BCUT2D eigenvalue weighted by molar-refractivity contribution is -0.137. The smallest absolute Gasteiger partial charge is 0.303 e. The Kier molecular flexibility index (Phi) is 10.2. The van der Waals surface area contributed by atoms with Gasteiger partial charge in [0.1, 0.15) is 11.6 Å². The zero-order valence-electron chi connectivity index (χ0n) is 20.7. The van der Waals surface area contributed by atoms with E-state index in [9.17, 15) is 18.7 Å². The largest absolute Gasteiger partial charge is 0.481 e. The molecule has 0 amide bonds. The first-order chi connectivity index (χ1) is 16.7. The predicted molar refractivity (Wildman–Crippen MR) is 131 cm³/mol. The molecule has 1 saturated heterocycles.